The SMILES string of the molecule is COc1ccc(Br)c(C(O)C(=O)O)c1[N+](=O)[O-]. The zero-order chi connectivity index (χ0) is 13.2. The van der Waals surface area contributed by atoms with Gasteiger partial charge in [0, 0.05) is 4.47 Å². The minimum atomic E-state index is -2.00. The first-order valence-electron chi connectivity index (χ1n) is 4.31. The number of carboxylic acid groups (broad SMARTS) is 1. The van der Waals surface area contributed by atoms with Gasteiger partial charge in [-0.3, -0.25) is 10.1 Å². The number of benzene rings is 1. The van der Waals surface area contributed by atoms with Gasteiger partial charge in [0.15, 0.2) is 11.9 Å². The van der Waals surface area contributed by atoms with Crippen LogP contribution < -0.4 is 4.74 Å². The van der Waals surface area contributed by atoms with Gasteiger partial charge in [0.1, 0.15) is 0 Å². The lowest BCUT2D eigenvalue weighted by molar-refractivity contribution is -0.387. The van der Waals surface area contributed by atoms with Crippen molar-refractivity contribution in [3.8, 4) is 5.75 Å². The molecule has 1 unspecified atom stereocenters. The van der Waals surface area contributed by atoms with E-state index in [1.807, 2.05) is 0 Å². The quantitative estimate of drug-likeness (QED) is 0.644. The molecule has 0 aliphatic heterocycles. The Balaban J connectivity index is 3.55. The van der Waals surface area contributed by atoms with Crippen molar-refractivity contribution >= 4 is 27.6 Å². The molecule has 0 aliphatic rings. The average Bonchev–Trinajstić information content (AvgIpc) is 2.27. The van der Waals surface area contributed by atoms with E-state index in [-0.39, 0.29) is 15.8 Å². The number of halogens is 1. The topological polar surface area (TPSA) is 110 Å². The molecule has 7 nitrogen and oxygen atoms in total. The lowest BCUT2D eigenvalue weighted by Crippen LogP contribution is -2.13. The van der Waals surface area contributed by atoms with Crippen LogP contribution >= 0.6 is 15.9 Å². The lowest BCUT2D eigenvalue weighted by Gasteiger charge is -2.11. The molecule has 0 heterocycles. The molecule has 0 amide bonds. The average molecular weight is 306 g/mol. The van der Waals surface area contributed by atoms with Gasteiger partial charge in [-0.1, -0.05) is 15.9 Å². The number of aliphatic hydroxyl groups is 1. The van der Waals surface area contributed by atoms with Crippen molar-refractivity contribution in [3.05, 3.63) is 32.3 Å². The Morgan fingerprint density at radius 3 is 2.59 bits per heavy atom. The van der Waals surface area contributed by atoms with E-state index >= 15 is 0 Å². The third-order valence-electron chi connectivity index (χ3n) is 2.04. The molecule has 1 aromatic carbocycles. The van der Waals surface area contributed by atoms with E-state index in [1.54, 1.807) is 0 Å². The van der Waals surface area contributed by atoms with Gasteiger partial charge in [0.2, 0.25) is 0 Å². The van der Waals surface area contributed by atoms with Crippen LogP contribution in [-0.4, -0.2) is 28.2 Å². The lowest BCUT2D eigenvalue weighted by atomic mass is 10.1. The molecule has 1 aromatic rings. The Bertz CT molecular complexity index is 475. The number of aliphatic carboxylic acids is 1. The van der Waals surface area contributed by atoms with Crippen molar-refractivity contribution < 1.29 is 24.7 Å². The van der Waals surface area contributed by atoms with E-state index in [0.717, 1.165) is 0 Å². The number of carbonyl (C=O) groups is 1. The minimum Gasteiger partial charge on any atom is -0.490 e. The fourth-order valence-corrected chi connectivity index (χ4v) is 1.84. The Hall–Kier alpha value is -1.67. The van der Waals surface area contributed by atoms with Gasteiger partial charge in [-0.05, 0) is 12.1 Å². The van der Waals surface area contributed by atoms with Crippen LogP contribution in [0.25, 0.3) is 0 Å². The summed E-state index contributed by atoms with van der Waals surface area (Å²) in [5, 5.41) is 29.0. The molecule has 8 heteroatoms. The fraction of sp³-hybridized carbons (Fsp3) is 0.222. The van der Waals surface area contributed by atoms with E-state index in [4.69, 9.17) is 9.84 Å². The molecule has 0 aromatic heterocycles. The molecule has 0 saturated heterocycles. The summed E-state index contributed by atoms with van der Waals surface area (Å²) in [7, 11) is 1.22. The van der Waals surface area contributed by atoms with Crippen LogP contribution in [0.3, 0.4) is 0 Å². The molecule has 17 heavy (non-hydrogen) atoms. The molecule has 0 aliphatic carbocycles. The predicted octanol–water partition coefficient (Wildman–Crippen LogP) is 1.48. The number of nitro groups is 1. The second kappa shape index (κ2) is 5.11. The maximum atomic E-state index is 10.9. The highest BCUT2D eigenvalue weighted by molar-refractivity contribution is 9.10. The molecule has 92 valence electrons. The van der Waals surface area contributed by atoms with Crippen molar-refractivity contribution in [1.82, 2.24) is 0 Å². The first kappa shape index (κ1) is 13.4. The van der Waals surface area contributed by atoms with Crippen molar-refractivity contribution in [1.29, 1.82) is 0 Å². The van der Waals surface area contributed by atoms with Crippen LogP contribution in [0.5, 0.6) is 5.75 Å². The minimum absolute atomic E-state index is 0.117. The number of ether oxygens (including phenoxy) is 1. The zero-order valence-corrected chi connectivity index (χ0v) is 10.2. The largest absolute Gasteiger partial charge is 0.490 e. The Morgan fingerprint density at radius 1 is 1.59 bits per heavy atom. The molecule has 2 N–H and O–H groups in total. The standard InChI is InChI=1S/C9H8BrNO6/c1-17-5-3-2-4(10)6(7(5)11(15)16)8(12)9(13)14/h2-3,8,12H,1H3,(H,13,14). The van der Waals surface area contributed by atoms with E-state index in [1.165, 1.54) is 19.2 Å². The van der Waals surface area contributed by atoms with Crippen molar-refractivity contribution in [3.63, 3.8) is 0 Å². The van der Waals surface area contributed by atoms with Crippen molar-refractivity contribution in [2.24, 2.45) is 0 Å². The number of methoxy groups -OCH3 is 1. The van der Waals surface area contributed by atoms with Crippen LogP contribution in [0.1, 0.15) is 11.7 Å². The summed E-state index contributed by atoms with van der Waals surface area (Å²) in [6.07, 6.45) is -2.00. The highest BCUT2D eigenvalue weighted by Gasteiger charge is 2.31. The van der Waals surface area contributed by atoms with Crippen LogP contribution in [0.2, 0.25) is 0 Å². The van der Waals surface area contributed by atoms with Crippen LogP contribution in [-0.2, 0) is 4.79 Å². The molecular formula is C9H8BrNO6. The van der Waals surface area contributed by atoms with Crippen LogP contribution in [0.15, 0.2) is 16.6 Å². The third-order valence-corrected chi connectivity index (χ3v) is 2.73. The summed E-state index contributed by atoms with van der Waals surface area (Å²) in [6.45, 7) is 0. The van der Waals surface area contributed by atoms with Gasteiger partial charge in [-0.2, -0.15) is 0 Å². The van der Waals surface area contributed by atoms with Gasteiger partial charge < -0.3 is 14.9 Å². The summed E-state index contributed by atoms with van der Waals surface area (Å²) in [6, 6.07) is 2.67. The molecule has 0 radical (unpaired) electrons. The number of hydrogen-bond donors (Lipinski definition) is 2. The van der Waals surface area contributed by atoms with E-state index in [9.17, 15) is 20.0 Å². The van der Waals surface area contributed by atoms with Crippen LogP contribution in [0, 0.1) is 10.1 Å². The molecule has 1 atom stereocenters. The smallest absolute Gasteiger partial charge is 0.337 e. The summed E-state index contributed by atoms with van der Waals surface area (Å²) < 4.78 is 4.89. The molecule has 0 saturated carbocycles. The molecule has 1 rings (SSSR count). The Morgan fingerprint density at radius 2 is 2.18 bits per heavy atom. The van der Waals surface area contributed by atoms with Gasteiger partial charge in [-0.15, -0.1) is 0 Å². The number of nitrogens with zero attached hydrogens (tertiary/aromatic N) is 1. The number of hydrogen-bond acceptors (Lipinski definition) is 5. The number of aliphatic hydroxyl groups excluding tert-OH is 1. The first-order valence-corrected chi connectivity index (χ1v) is 5.11. The molecule has 0 bridgehead atoms. The van der Waals surface area contributed by atoms with Gasteiger partial charge in [0.05, 0.1) is 17.6 Å². The van der Waals surface area contributed by atoms with E-state index in [2.05, 4.69) is 15.9 Å². The normalized spacial score (nSPS) is 11.9. The van der Waals surface area contributed by atoms with E-state index in [0.29, 0.717) is 0 Å². The maximum absolute atomic E-state index is 10.9. The summed E-state index contributed by atoms with van der Waals surface area (Å²) in [5.74, 6) is -1.70. The summed E-state index contributed by atoms with van der Waals surface area (Å²) in [4.78, 5) is 20.8. The Kier molecular flexibility index (Phi) is 4.02. The maximum Gasteiger partial charge on any atom is 0.337 e. The van der Waals surface area contributed by atoms with Crippen molar-refractivity contribution in [2.75, 3.05) is 7.11 Å². The summed E-state index contributed by atoms with van der Waals surface area (Å²) >= 11 is 2.96. The molecular weight excluding hydrogens is 298 g/mol. The first-order chi connectivity index (χ1) is 7.90. The van der Waals surface area contributed by atoms with Crippen molar-refractivity contribution in [2.45, 2.75) is 6.10 Å². The molecule has 0 spiro atoms. The summed E-state index contributed by atoms with van der Waals surface area (Å²) in [5.41, 5.74) is -0.918. The number of nitro benzene ring substituents is 1. The zero-order valence-electron chi connectivity index (χ0n) is 8.58. The number of rotatable bonds is 4. The predicted molar refractivity (Wildman–Crippen MR) is 59.9 cm³/mol. The third kappa shape index (κ3) is 2.53. The highest BCUT2D eigenvalue weighted by atomic mass is 79.9. The number of carboxylic acids is 1. The highest BCUT2D eigenvalue weighted by Crippen LogP contribution is 2.39. The monoisotopic (exact) mass is 305 g/mol. The van der Waals surface area contributed by atoms with Gasteiger partial charge in [-0.25, -0.2) is 4.79 Å². The second-order valence-corrected chi connectivity index (χ2v) is 3.86. The van der Waals surface area contributed by atoms with Crippen LogP contribution in [0.4, 0.5) is 5.69 Å². The fourth-order valence-electron chi connectivity index (χ4n) is 1.30. The van der Waals surface area contributed by atoms with Gasteiger partial charge >= 0.3 is 11.7 Å². The second-order valence-electron chi connectivity index (χ2n) is 3.01. The van der Waals surface area contributed by atoms with Gasteiger partial charge in [0.25, 0.3) is 0 Å². The molecule has 0 fully saturated rings. The van der Waals surface area contributed by atoms with E-state index < -0.39 is 22.7 Å². The Labute approximate surface area is 104 Å².